The fraction of sp³-hybridized carbons (Fsp3) is 0.348. The first-order valence-electron chi connectivity index (χ1n) is 10.5. The van der Waals surface area contributed by atoms with Crippen LogP contribution in [0.5, 0.6) is 5.75 Å². The fourth-order valence-corrected chi connectivity index (χ4v) is 4.04. The smallest absolute Gasteiger partial charge is 0.328 e. The predicted molar refractivity (Wildman–Crippen MR) is 122 cm³/mol. The van der Waals surface area contributed by atoms with Crippen LogP contribution in [0.25, 0.3) is 11.0 Å². The second-order valence-corrected chi connectivity index (χ2v) is 8.17. The van der Waals surface area contributed by atoms with Gasteiger partial charge in [-0.2, -0.15) is 0 Å². The second kappa shape index (κ2) is 9.48. The van der Waals surface area contributed by atoms with Crippen molar-refractivity contribution < 1.29 is 14.3 Å². The molecule has 0 N–H and O–H groups in total. The molecule has 0 aliphatic carbocycles. The van der Waals surface area contributed by atoms with Gasteiger partial charge in [0.05, 0.1) is 11.0 Å². The van der Waals surface area contributed by atoms with Crippen LogP contribution in [0, 0.1) is 0 Å². The minimum absolute atomic E-state index is 0.0191. The number of aryl methyl sites for hydroxylation is 2. The van der Waals surface area contributed by atoms with E-state index in [1.807, 2.05) is 24.3 Å². The summed E-state index contributed by atoms with van der Waals surface area (Å²) in [5.74, 6) is 0.448. The third-order valence-electron chi connectivity index (χ3n) is 5.76. The van der Waals surface area contributed by atoms with Crippen LogP contribution in [0.3, 0.4) is 0 Å². The lowest BCUT2D eigenvalue weighted by Crippen LogP contribution is -2.51. The molecule has 2 amide bonds. The Kier molecular flexibility index (Phi) is 6.50. The first-order chi connectivity index (χ1) is 15.4. The van der Waals surface area contributed by atoms with Crippen molar-refractivity contribution in [3.63, 3.8) is 0 Å². The van der Waals surface area contributed by atoms with Crippen molar-refractivity contribution in [1.29, 1.82) is 0 Å². The molecule has 1 saturated heterocycles. The molecule has 1 aliphatic rings. The standard InChI is InChI=1S/C23H25ClN4O4/c1-25-19-4-2-3-5-20(19)28(23(25)31)11-10-21(29)26-12-14-27(15-13-26)22(30)16-32-18-8-6-17(24)7-9-18/h2-9H,10-16H2,1H3. The van der Waals surface area contributed by atoms with Gasteiger partial charge in [-0.1, -0.05) is 23.7 Å². The van der Waals surface area contributed by atoms with Crippen molar-refractivity contribution >= 4 is 34.4 Å². The Bertz CT molecular complexity index is 1180. The number of carbonyl (C=O) groups is 2. The summed E-state index contributed by atoms with van der Waals surface area (Å²) in [5.41, 5.74) is 1.54. The number of hydrogen-bond acceptors (Lipinski definition) is 4. The first-order valence-corrected chi connectivity index (χ1v) is 10.9. The summed E-state index contributed by atoms with van der Waals surface area (Å²) in [6, 6.07) is 14.4. The molecule has 0 unspecified atom stereocenters. The van der Waals surface area contributed by atoms with Crippen molar-refractivity contribution in [1.82, 2.24) is 18.9 Å². The summed E-state index contributed by atoms with van der Waals surface area (Å²) in [4.78, 5) is 41.1. The van der Waals surface area contributed by atoms with E-state index in [1.165, 1.54) is 0 Å². The Hall–Kier alpha value is -3.26. The van der Waals surface area contributed by atoms with Gasteiger partial charge in [0.1, 0.15) is 5.75 Å². The zero-order valence-electron chi connectivity index (χ0n) is 17.9. The van der Waals surface area contributed by atoms with Gasteiger partial charge in [0.2, 0.25) is 5.91 Å². The Morgan fingerprint density at radius 2 is 1.50 bits per heavy atom. The van der Waals surface area contributed by atoms with Crippen molar-refractivity contribution in [2.45, 2.75) is 13.0 Å². The van der Waals surface area contributed by atoms with E-state index in [4.69, 9.17) is 16.3 Å². The Labute approximate surface area is 190 Å². The minimum atomic E-state index is -0.130. The number of aromatic nitrogens is 2. The molecule has 3 aromatic rings. The van der Waals surface area contributed by atoms with Gasteiger partial charge in [-0.3, -0.25) is 18.7 Å². The van der Waals surface area contributed by atoms with Crippen molar-refractivity contribution in [2.24, 2.45) is 7.05 Å². The zero-order valence-corrected chi connectivity index (χ0v) is 18.6. The summed E-state index contributed by atoms with van der Waals surface area (Å²) in [5, 5.41) is 0.606. The van der Waals surface area contributed by atoms with Crippen LogP contribution in [-0.2, 0) is 23.2 Å². The van der Waals surface area contributed by atoms with Crippen LogP contribution in [-0.4, -0.2) is 63.5 Å². The molecule has 2 aromatic carbocycles. The lowest BCUT2D eigenvalue weighted by molar-refractivity contribution is -0.140. The molecule has 1 aliphatic heterocycles. The topological polar surface area (TPSA) is 76.8 Å². The molecule has 1 fully saturated rings. The van der Waals surface area contributed by atoms with E-state index >= 15 is 0 Å². The third-order valence-corrected chi connectivity index (χ3v) is 6.01. The van der Waals surface area contributed by atoms with E-state index in [0.717, 1.165) is 11.0 Å². The molecule has 0 atom stereocenters. The lowest BCUT2D eigenvalue weighted by Gasteiger charge is -2.34. The number of halogens is 1. The van der Waals surface area contributed by atoms with Gasteiger partial charge in [-0.15, -0.1) is 0 Å². The van der Waals surface area contributed by atoms with Gasteiger partial charge in [-0.05, 0) is 36.4 Å². The average molecular weight is 457 g/mol. The molecule has 8 nitrogen and oxygen atoms in total. The molecular weight excluding hydrogens is 432 g/mol. The van der Waals surface area contributed by atoms with Gasteiger partial charge in [0.25, 0.3) is 5.91 Å². The van der Waals surface area contributed by atoms with E-state index in [1.54, 1.807) is 50.2 Å². The van der Waals surface area contributed by atoms with Crippen LogP contribution in [0.1, 0.15) is 6.42 Å². The van der Waals surface area contributed by atoms with Crippen LogP contribution in [0.2, 0.25) is 5.02 Å². The SMILES string of the molecule is Cn1c(=O)n(CCC(=O)N2CCN(C(=O)COc3ccc(Cl)cc3)CC2)c2ccccc21. The van der Waals surface area contributed by atoms with Crippen molar-refractivity contribution in [2.75, 3.05) is 32.8 Å². The van der Waals surface area contributed by atoms with E-state index in [2.05, 4.69) is 0 Å². The number of carbonyl (C=O) groups excluding carboxylic acids is 2. The number of para-hydroxylation sites is 2. The fourth-order valence-electron chi connectivity index (χ4n) is 3.92. The number of rotatable bonds is 6. The van der Waals surface area contributed by atoms with Crippen molar-refractivity contribution in [3.05, 3.63) is 64.0 Å². The molecule has 2 heterocycles. The summed E-state index contributed by atoms with van der Waals surface area (Å²) in [6.45, 7) is 2.13. The Morgan fingerprint density at radius 3 is 2.16 bits per heavy atom. The number of ether oxygens (including phenoxy) is 1. The van der Waals surface area contributed by atoms with Gasteiger partial charge in [-0.25, -0.2) is 4.79 Å². The Balaban J connectivity index is 1.27. The molecule has 9 heteroatoms. The molecule has 0 radical (unpaired) electrons. The highest BCUT2D eigenvalue weighted by Crippen LogP contribution is 2.16. The second-order valence-electron chi connectivity index (χ2n) is 7.74. The van der Waals surface area contributed by atoms with Gasteiger partial charge >= 0.3 is 5.69 Å². The van der Waals surface area contributed by atoms with E-state index < -0.39 is 0 Å². The van der Waals surface area contributed by atoms with Crippen LogP contribution in [0.15, 0.2) is 53.3 Å². The number of hydrogen-bond donors (Lipinski definition) is 0. The molecule has 4 rings (SSSR count). The zero-order chi connectivity index (χ0) is 22.7. The number of benzene rings is 2. The molecule has 0 saturated carbocycles. The molecule has 168 valence electrons. The van der Waals surface area contributed by atoms with Crippen LogP contribution < -0.4 is 10.4 Å². The summed E-state index contributed by atoms with van der Waals surface area (Å²) < 4.78 is 8.76. The highest BCUT2D eigenvalue weighted by Gasteiger charge is 2.24. The average Bonchev–Trinajstić information content (AvgIpc) is 3.06. The monoisotopic (exact) mass is 456 g/mol. The number of fused-ring (bicyclic) bond motifs is 1. The molecule has 32 heavy (non-hydrogen) atoms. The number of amides is 2. The lowest BCUT2D eigenvalue weighted by atomic mass is 10.2. The highest BCUT2D eigenvalue weighted by molar-refractivity contribution is 6.30. The van der Waals surface area contributed by atoms with Crippen molar-refractivity contribution in [3.8, 4) is 5.75 Å². The number of piperazine rings is 1. The highest BCUT2D eigenvalue weighted by atomic mass is 35.5. The van der Waals surface area contributed by atoms with E-state index in [-0.39, 0.29) is 30.5 Å². The van der Waals surface area contributed by atoms with E-state index in [0.29, 0.717) is 43.5 Å². The van der Waals surface area contributed by atoms with Crippen LogP contribution >= 0.6 is 11.6 Å². The maximum absolute atomic E-state index is 12.7. The third kappa shape index (κ3) is 4.65. The summed E-state index contributed by atoms with van der Waals surface area (Å²) >= 11 is 5.85. The largest absolute Gasteiger partial charge is 0.484 e. The molecular formula is C23H25ClN4O4. The first kappa shape index (κ1) is 22.0. The number of imidazole rings is 1. The molecule has 1 aromatic heterocycles. The molecule has 0 bridgehead atoms. The minimum Gasteiger partial charge on any atom is -0.484 e. The van der Waals surface area contributed by atoms with E-state index in [9.17, 15) is 14.4 Å². The predicted octanol–water partition coefficient (Wildman–Crippen LogP) is 2.13. The van der Waals surface area contributed by atoms with Gasteiger partial charge in [0, 0.05) is 51.2 Å². The quantitative estimate of drug-likeness (QED) is 0.569. The molecule has 0 spiro atoms. The maximum Gasteiger partial charge on any atom is 0.328 e. The van der Waals surface area contributed by atoms with Gasteiger partial charge in [0.15, 0.2) is 6.61 Å². The maximum atomic E-state index is 12.7. The normalized spacial score (nSPS) is 14.1. The Morgan fingerprint density at radius 1 is 0.906 bits per heavy atom. The summed E-state index contributed by atoms with van der Waals surface area (Å²) in [7, 11) is 1.73. The van der Waals surface area contributed by atoms with Gasteiger partial charge < -0.3 is 14.5 Å². The summed E-state index contributed by atoms with van der Waals surface area (Å²) in [6.07, 6.45) is 0.238. The number of nitrogens with zero attached hydrogens (tertiary/aromatic N) is 4. The van der Waals surface area contributed by atoms with Crippen LogP contribution in [0.4, 0.5) is 0 Å².